The Kier molecular flexibility index (Phi) is 6.84. The predicted octanol–water partition coefficient (Wildman–Crippen LogP) is 3.45. The molecular formula is C26H30F3N5O5S. The summed E-state index contributed by atoms with van der Waals surface area (Å²) in [6, 6.07) is 2.26. The first kappa shape index (κ1) is 25.7. The average Bonchev–Trinajstić information content (AvgIpc) is 3.50. The van der Waals surface area contributed by atoms with E-state index in [0.717, 1.165) is 42.1 Å². The van der Waals surface area contributed by atoms with Crippen LogP contribution < -0.4 is 0 Å². The average molecular weight is 585 g/mol. The Labute approximate surface area is 233 Å². The van der Waals surface area contributed by atoms with Crippen LogP contribution in [0.25, 0.3) is 0 Å². The second-order valence-corrected chi connectivity index (χ2v) is 12.2. The molecule has 2 N–H and O–H groups in total. The van der Waals surface area contributed by atoms with Crippen LogP contribution in [0.1, 0.15) is 61.2 Å². The maximum Gasteiger partial charge on any atom is 0.265 e. The smallest absolute Gasteiger partial charge is 0.265 e. The third-order valence-corrected chi connectivity index (χ3v) is 9.14. The molecule has 10 nitrogen and oxygen atoms in total. The SMILES string of the molecule is CC1(C)[C@H]2CC[C@]1(CS(=O)(=O)O)C(=O)C2.[2H]C([2H])([2H])[C@@H](c1ncncc1F)[C@](O)(Cn1cncn1)c1ccc(F)cc1F. The molecule has 216 valence electrons. The molecule has 3 aromatic rings. The molecule has 0 saturated heterocycles. The minimum Gasteiger partial charge on any atom is -0.382 e. The number of hydrogen-bond donors (Lipinski definition) is 2. The summed E-state index contributed by atoms with van der Waals surface area (Å²) in [6.45, 7) is 0.259. The van der Waals surface area contributed by atoms with Gasteiger partial charge in [0.15, 0.2) is 5.82 Å². The highest BCUT2D eigenvalue weighted by atomic mass is 32.2. The number of aromatic nitrogens is 5. The van der Waals surface area contributed by atoms with Crippen LogP contribution in [0.4, 0.5) is 13.2 Å². The molecule has 14 heteroatoms. The largest absolute Gasteiger partial charge is 0.382 e. The normalized spacial score (nSPS) is 25.2. The lowest BCUT2D eigenvalue weighted by molar-refractivity contribution is -0.128. The molecule has 2 fully saturated rings. The van der Waals surface area contributed by atoms with E-state index in [9.17, 15) is 31.5 Å². The summed E-state index contributed by atoms with van der Waals surface area (Å²) in [5.41, 5.74) is -4.89. The van der Waals surface area contributed by atoms with E-state index < -0.39 is 74.9 Å². The van der Waals surface area contributed by atoms with Crippen LogP contribution in [-0.4, -0.2) is 54.3 Å². The van der Waals surface area contributed by atoms with E-state index in [1.165, 1.54) is 6.33 Å². The van der Waals surface area contributed by atoms with Gasteiger partial charge in [-0.2, -0.15) is 13.5 Å². The van der Waals surface area contributed by atoms with Gasteiger partial charge in [-0.05, 0) is 30.2 Å². The minimum atomic E-state index is -4.08. The monoisotopic (exact) mass is 584 g/mol. The Morgan fingerprint density at radius 2 is 1.98 bits per heavy atom. The molecule has 2 saturated carbocycles. The zero-order valence-electron chi connectivity index (χ0n) is 24.6. The number of nitrogens with zero attached hydrogens (tertiary/aromatic N) is 5. The molecule has 5 rings (SSSR count). The molecule has 0 spiro atoms. The third kappa shape index (κ3) is 5.39. The van der Waals surface area contributed by atoms with Gasteiger partial charge in [0, 0.05) is 28.1 Å². The van der Waals surface area contributed by atoms with E-state index >= 15 is 0 Å². The number of halogens is 3. The zero-order chi connectivity index (χ0) is 32.0. The van der Waals surface area contributed by atoms with Gasteiger partial charge in [-0.1, -0.05) is 26.8 Å². The maximum atomic E-state index is 14.6. The minimum absolute atomic E-state index is 0.0152. The molecule has 2 heterocycles. The topological polar surface area (TPSA) is 148 Å². The summed E-state index contributed by atoms with van der Waals surface area (Å²) in [5.74, 6) is -5.35. The van der Waals surface area contributed by atoms with Gasteiger partial charge in [0.1, 0.15) is 42.0 Å². The lowest BCUT2D eigenvalue weighted by Crippen LogP contribution is -2.42. The molecule has 1 aromatic carbocycles. The number of fused-ring (bicyclic) bond motifs is 2. The number of hydrogen-bond acceptors (Lipinski definition) is 8. The van der Waals surface area contributed by atoms with Gasteiger partial charge in [-0.3, -0.25) is 9.35 Å². The molecule has 0 unspecified atom stereocenters. The van der Waals surface area contributed by atoms with Crippen molar-refractivity contribution < 1.29 is 40.2 Å². The molecule has 0 aliphatic heterocycles. The van der Waals surface area contributed by atoms with Crippen LogP contribution >= 0.6 is 0 Å². The van der Waals surface area contributed by atoms with E-state index in [-0.39, 0.29) is 17.1 Å². The Hall–Kier alpha value is -3.23. The van der Waals surface area contributed by atoms with Gasteiger partial charge in [0.25, 0.3) is 10.1 Å². The van der Waals surface area contributed by atoms with Crippen molar-refractivity contribution in [2.45, 2.75) is 58.0 Å². The van der Waals surface area contributed by atoms with E-state index in [2.05, 4.69) is 20.1 Å². The molecule has 2 aromatic heterocycles. The van der Waals surface area contributed by atoms with Crippen molar-refractivity contribution in [2.75, 3.05) is 5.75 Å². The molecule has 2 aliphatic carbocycles. The van der Waals surface area contributed by atoms with Crippen molar-refractivity contribution in [1.29, 1.82) is 0 Å². The lowest BCUT2D eigenvalue weighted by atomic mass is 9.70. The number of ketones is 1. The number of benzene rings is 1. The Morgan fingerprint density at radius 3 is 2.50 bits per heavy atom. The fourth-order valence-corrected chi connectivity index (χ4v) is 7.21. The summed E-state index contributed by atoms with van der Waals surface area (Å²) < 4.78 is 98.0. The van der Waals surface area contributed by atoms with Gasteiger partial charge in [0.05, 0.1) is 29.6 Å². The Bertz CT molecular complexity index is 1610. The molecule has 0 amide bonds. The molecular weight excluding hydrogens is 551 g/mol. The molecule has 0 radical (unpaired) electrons. The predicted molar refractivity (Wildman–Crippen MR) is 136 cm³/mol. The fraction of sp³-hybridized carbons (Fsp3) is 0.500. The molecule has 4 atom stereocenters. The summed E-state index contributed by atoms with van der Waals surface area (Å²) >= 11 is 0. The van der Waals surface area contributed by atoms with E-state index in [1.54, 1.807) is 0 Å². The summed E-state index contributed by atoms with van der Waals surface area (Å²) in [5, 5.41) is 15.3. The van der Waals surface area contributed by atoms with Crippen molar-refractivity contribution in [3.63, 3.8) is 0 Å². The highest BCUT2D eigenvalue weighted by Gasteiger charge is 2.65. The lowest BCUT2D eigenvalue weighted by Gasteiger charge is -2.35. The van der Waals surface area contributed by atoms with E-state index in [4.69, 9.17) is 8.67 Å². The second kappa shape index (κ2) is 10.6. The Balaban J connectivity index is 0.000000237. The van der Waals surface area contributed by atoms with E-state index in [1.807, 2.05) is 13.8 Å². The zero-order valence-corrected chi connectivity index (χ0v) is 22.4. The Morgan fingerprint density at radius 1 is 1.23 bits per heavy atom. The first-order chi connectivity index (χ1) is 19.8. The van der Waals surface area contributed by atoms with E-state index in [0.29, 0.717) is 18.9 Å². The van der Waals surface area contributed by atoms with Crippen LogP contribution in [0.15, 0.2) is 43.4 Å². The first-order valence-corrected chi connectivity index (χ1v) is 13.9. The van der Waals surface area contributed by atoms with Gasteiger partial charge in [-0.15, -0.1) is 0 Å². The van der Waals surface area contributed by atoms with Crippen LogP contribution in [-0.2, 0) is 27.1 Å². The molecule has 40 heavy (non-hydrogen) atoms. The van der Waals surface area contributed by atoms with Gasteiger partial charge in [-0.25, -0.2) is 32.8 Å². The van der Waals surface area contributed by atoms with Crippen molar-refractivity contribution in [2.24, 2.45) is 16.7 Å². The van der Waals surface area contributed by atoms with Crippen LogP contribution in [0.3, 0.4) is 0 Å². The number of rotatable bonds is 7. The van der Waals surface area contributed by atoms with Crippen molar-refractivity contribution >= 4 is 15.9 Å². The number of carbonyl (C=O) groups excluding carboxylic acids is 1. The van der Waals surface area contributed by atoms with Crippen molar-refractivity contribution in [1.82, 2.24) is 24.7 Å². The number of Topliss-reactive ketones (excluding diaryl/α,β-unsaturated/α-hetero) is 1. The summed E-state index contributed by atoms with van der Waals surface area (Å²) in [7, 11) is -4.08. The van der Waals surface area contributed by atoms with Crippen LogP contribution in [0.5, 0.6) is 0 Å². The van der Waals surface area contributed by atoms with Crippen molar-refractivity contribution in [3.05, 3.63) is 72.1 Å². The van der Waals surface area contributed by atoms with Crippen LogP contribution in [0.2, 0.25) is 0 Å². The first-order valence-electron chi connectivity index (χ1n) is 13.8. The number of aliphatic hydroxyl groups is 1. The maximum absolute atomic E-state index is 14.6. The van der Waals surface area contributed by atoms with Crippen molar-refractivity contribution in [3.8, 4) is 0 Å². The quantitative estimate of drug-likeness (QED) is 0.399. The van der Waals surface area contributed by atoms with Gasteiger partial charge in [0.2, 0.25) is 0 Å². The summed E-state index contributed by atoms with van der Waals surface area (Å²) in [6.07, 6.45) is 5.91. The molecule has 2 aliphatic rings. The van der Waals surface area contributed by atoms with Gasteiger partial charge < -0.3 is 5.11 Å². The highest BCUT2D eigenvalue weighted by molar-refractivity contribution is 7.85. The summed E-state index contributed by atoms with van der Waals surface area (Å²) in [4.78, 5) is 22.7. The third-order valence-electron chi connectivity index (χ3n) is 8.28. The van der Waals surface area contributed by atoms with Gasteiger partial charge >= 0.3 is 0 Å². The fourth-order valence-electron chi connectivity index (χ4n) is 5.91. The van der Waals surface area contributed by atoms with Crippen LogP contribution in [0, 0.1) is 34.2 Å². The number of carbonyl (C=O) groups is 1. The second-order valence-electron chi connectivity index (χ2n) is 10.7. The molecule has 2 bridgehead atoms. The standard InChI is InChI=1S/C16H14F3N5O.C10H16O4S/c1-10(15-14(19)5-20-7-22-15)16(25,6-24-9-21-8-23-24)12-3-2-11(17)4-13(12)18;1-9(2)7-3-4-10(9,8(11)5-7)6-15(12,13)14/h2-5,7-10,25H,6H2,1H3;7H,3-6H2,1-2H3,(H,12,13,14)/t10-,16+;7-,10-/m00/s1/i1D3;. The highest BCUT2D eigenvalue weighted by Crippen LogP contribution is 2.64.